The van der Waals surface area contributed by atoms with E-state index < -0.39 is 6.10 Å². The van der Waals surface area contributed by atoms with E-state index in [2.05, 4.69) is 21.0 Å². The Bertz CT molecular complexity index is 1460. The molecule has 0 radical (unpaired) electrons. The highest BCUT2D eigenvalue weighted by Gasteiger charge is 2.32. The minimum Gasteiger partial charge on any atom is -0.493 e. The van der Waals surface area contributed by atoms with Crippen LogP contribution in [0, 0.1) is 12.3 Å². The van der Waals surface area contributed by atoms with Gasteiger partial charge in [-0.3, -0.25) is 0 Å². The zero-order chi connectivity index (χ0) is 25.2. The first-order valence-electron chi connectivity index (χ1n) is 11.5. The van der Waals surface area contributed by atoms with E-state index in [1.807, 2.05) is 61.9 Å². The molecule has 0 bridgehead atoms. The minimum absolute atomic E-state index is 0.583. The SMILES string of the molecule is C#CC(ON=C1c2cc(OC)c(OC)cc2-c2[nH]c3ccc(OCCN(C)C)cc3c21)c1cccs1. The van der Waals surface area contributed by atoms with Crippen LogP contribution >= 0.6 is 11.3 Å². The molecule has 7 nitrogen and oxygen atoms in total. The molecule has 184 valence electrons. The van der Waals surface area contributed by atoms with Crippen molar-refractivity contribution in [3.05, 3.63) is 63.8 Å². The summed E-state index contributed by atoms with van der Waals surface area (Å²) >= 11 is 1.54. The molecular formula is C28H27N3O4S. The number of aromatic amines is 1. The fourth-order valence-corrected chi connectivity index (χ4v) is 4.98. The van der Waals surface area contributed by atoms with E-state index in [9.17, 15) is 0 Å². The normalized spacial score (nSPS) is 13.9. The lowest BCUT2D eigenvalue weighted by Crippen LogP contribution is -2.19. The van der Waals surface area contributed by atoms with Crippen LogP contribution in [0.1, 0.15) is 22.1 Å². The van der Waals surface area contributed by atoms with Crippen LogP contribution in [0.15, 0.2) is 53.0 Å². The highest BCUT2D eigenvalue weighted by atomic mass is 32.1. The van der Waals surface area contributed by atoms with E-state index in [0.29, 0.717) is 23.8 Å². The molecule has 0 saturated carbocycles. The van der Waals surface area contributed by atoms with E-state index in [4.69, 9.17) is 25.5 Å². The number of H-pyrrole nitrogens is 1. The van der Waals surface area contributed by atoms with Crippen molar-refractivity contribution < 1.29 is 19.0 Å². The Balaban J connectivity index is 1.62. The van der Waals surface area contributed by atoms with Crippen molar-refractivity contribution in [2.45, 2.75) is 6.10 Å². The number of oxime groups is 1. The molecule has 0 saturated heterocycles. The van der Waals surface area contributed by atoms with E-state index in [1.165, 1.54) is 11.3 Å². The lowest BCUT2D eigenvalue weighted by atomic mass is 10.1. The number of likely N-dealkylation sites (N-methyl/N-ethyl adjacent to an activating group) is 1. The third-order valence-electron chi connectivity index (χ3n) is 6.06. The Morgan fingerprint density at radius 3 is 2.53 bits per heavy atom. The van der Waals surface area contributed by atoms with Gasteiger partial charge in [0.15, 0.2) is 11.5 Å². The van der Waals surface area contributed by atoms with Crippen LogP contribution in [-0.2, 0) is 4.84 Å². The number of thiophene rings is 1. The molecule has 2 aromatic heterocycles. The Kier molecular flexibility index (Phi) is 6.59. The first-order chi connectivity index (χ1) is 17.5. The summed E-state index contributed by atoms with van der Waals surface area (Å²) in [7, 11) is 7.28. The van der Waals surface area contributed by atoms with Crippen molar-refractivity contribution in [3.8, 4) is 40.8 Å². The van der Waals surface area contributed by atoms with Gasteiger partial charge in [-0.15, -0.1) is 17.8 Å². The molecule has 2 aromatic carbocycles. The smallest absolute Gasteiger partial charge is 0.221 e. The van der Waals surface area contributed by atoms with Gasteiger partial charge >= 0.3 is 0 Å². The van der Waals surface area contributed by atoms with E-state index >= 15 is 0 Å². The molecule has 0 amide bonds. The van der Waals surface area contributed by atoms with Gasteiger partial charge in [-0.2, -0.15) is 0 Å². The minimum atomic E-state index is -0.583. The van der Waals surface area contributed by atoms with Gasteiger partial charge in [0.25, 0.3) is 0 Å². The summed E-state index contributed by atoms with van der Waals surface area (Å²) in [6, 6.07) is 13.8. The van der Waals surface area contributed by atoms with Crippen molar-refractivity contribution in [3.63, 3.8) is 0 Å². The number of benzene rings is 2. The number of nitrogens with one attached hydrogen (secondary N) is 1. The Hall–Kier alpha value is -3.93. The highest BCUT2D eigenvalue weighted by Crippen LogP contribution is 2.46. The molecule has 1 atom stereocenters. The number of nitrogens with zero attached hydrogens (tertiary/aromatic N) is 2. The van der Waals surface area contributed by atoms with Gasteiger partial charge in [0.05, 0.1) is 24.8 Å². The van der Waals surface area contributed by atoms with Crippen molar-refractivity contribution in [1.82, 2.24) is 9.88 Å². The van der Waals surface area contributed by atoms with Crippen LogP contribution in [0.4, 0.5) is 0 Å². The van der Waals surface area contributed by atoms with E-state index in [-0.39, 0.29) is 0 Å². The van der Waals surface area contributed by atoms with Gasteiger partial charge in [-0.25, -0.2) is 0 Å². The molecule has 0 fully saturated rings. The number of hydrogen-bond acceptors (Lipinski definition) is 7. The first-order valence-corrected chi connectivity index (χ1v) is 12.4. The number of ether oxygens (including phenoxy) is 3. The number of rotatable bonds is 9. The van der Waals surface area contributed by atoms with Crippen LogP contribution in [0.25, 0.3) is 22.2 Å². The summed E-state index contributed by atoms with van der Waals surface area (Å²) in [4.78, 5) is 12.5. The van der Waals surface area contributed by atoms with Gasteiger partial charge in [0.2, 0.25) is 6.10 Å². The molecule has 1 aliphatic carbocycles. The molecule has 4 aromatic rings. The zero-order valence-electron chi connectivity index (χ0n) is 20.6. The molecule has 36 heavy (non-hydrogen) atoms. The summed E-state index contributed by atoms with van der Waals surface area (Å²) in [6.45, 7) is 1.42. The third kappa shape index (κ3) is 4.28. The van der Waals surface area contributed by atoms with Crippen molar-refractivity contribution in [2.24, 2.45) is 5.16 Å². The predicted octanol–water partition coefficient (Wildman–Crippen LogP) is 5.31. The summed E-state index contributed by atoms with van der Waals surface area (Å²) in [6.07, 6.45) is 5.20. The molecule has 1 N–H and O–H groups in total. The molecule has 8 heteroatoms. The zero-order valence-corrected chi connectivity index (χ0v) is 21.4. The predicted molar refractivity (Wildman–Crippen MR) is 144 cm³/mol. The fourth-order valence-electron chi connectivity index (χ4n) is 4.28. The van der Waals surface area contributed by atoms with E-state index in [1.54, 1.807) is 14.2 Å². The van der Waals surface area contributed by atoms with Gasteiger partial charge in [0, 0.05) is 34.1 Å². The second kappa shape index (κ2) is 9.97. The summed E-state index contributed by atoms with van der Waals surface area (Å²) in [5.74, 6) is 4.73. The number of hydrogen-bond donors (Lipinski definition) is 1. The summed E-state index contributed by atoms with van der Waals surface area (Å²) in [5.41, 5.74) is 5.33. The van der Waals surface area contributed by atoms with Crippen molar-refractivity contribution in [2.75, 3.05) is 41.5 Å². The second-order valence-corrected chi connectivity index (χ2v) is 9.57. The number of methoxy groups -OCH3 is 2. The summed E-state index contributed by atoms with van der Waals surface area (Å²) < 4.78 is 17.2. The van der Waals surface area contributed by atoms with Crippen LogP contribution < -0.4 is 14.2 Å². The monoisotopic (exact) mass is 501 g/mol. The average molecular weight is 502 g/mol. The molecule has 5 rings (SSSR count). The molecule has 0 aliphatic heterocycles. The lowest BCUT2D eigenvalue weighted by molar-refractivity contribution is 0.103. The first kappa shape index (κ1) is 23.8. The second-order valence-electron chi connectivity index (χ2n) is 8.59. The number of aromatic nitrogens is 1. The topological polar surface area (TPSA) is 68.3 Å². The maximum atomic E-state index is 6.01. The van der Waals surface area contributed by atoms with Crippen molar-refractivity contribution in [1.29, 1.82) is 0 Å². The molecule has 1 aliphatic rings. The maximum absolute atomic E-state index is 6.01. The largest absolute Gasteiger partial charge is 0.493 e. The fraction of sp³-hybridized carbons (Fsp3) is 0.250. The molecule has 0 spiro atoms. The van der Waals surface area contributed by atoms with Gasteiger partial charge in [-0.1, -0.05) is 17.1 Å². The van der Waals surface area contributed by atoms with Crippen molar-refractivity contribution >= 4 is 28.0 Å². The highest BCUT2D eigenvalue weighted by molar-refractivity contribution is 7.10. The van der Waals surface area contributed by atoms with E-state index in [0.717, 1.165) is 50.5 Å². The standard InChI is InChI=1S/C28H27N3O4S/c1-6-22(25-8-7-13-36-25)35-30-28-19-16-24(33-5)23(32-4)15-18(19)27-26(28)20-14-17(9-10-21(20)29-27)34-12-11-31(2)3/h1,7-10,13-16,22,29H,11-12H2,2-5H3. The van der Waals surface area contributed by atoms with Crippen LogP contribution in [0.5, 0.6) is 17.2 Å². The van der Waals surface area contributed by atoms with Gasteiger partial charge in [-0.05, 0) is 55.9 Å². The Morgan fingerprint density at radius 2 is 1.86 bits per heavy atom. The number of terminal acetylenes is 1. The lowest BCUT2D eigenvalue weighted by Gasteiger charge is -2.12. The number of fused-ring (bicyclic) bond motifs is 5. The molecule has 2 heterocycles. The molecular weight excluding hydrogens is 474 g/mol. The third-order valence-corrected chi connectivity index (χ3v) is 6.98. The van der Waals surface area contributed by atoms with Gasteiger partial charge < -0.3 is 28.9 Å². The Labute approximate surface area is 214 Å². The quantitative estimate of drug-likeness (QED) is 0.219. The summed E-state index contributed by atoms with van der Waals surface area (Å²) in [5, 5.41) is 7.57. The Morgan fingerprint density at radius 1 is 1.08 bits per heavy atom. The average Bonchev–Trinajstić information content (AvgIpc) is 3.60. The molecule has 1 unspecified atom stereocenters. The van der Waals surface area contributed by atoms with Gasteiger partial charge in [0.1, 0.15) is 18.1 Å². The maximum Gasteiger partial charge on any atom is 0.221 e. The van der Waals surface area contributed by atoms with Crippen LogP contribution in [0.2, 0.25) is 0 Å². The van der Waals surface area contributed by atoms with Crippen LogP contribution in [-0.4, -0.2) is 57.1 Å². The van der Waals surface area contributed by atoms with Crippen LogP contribution in [0.3, 0.4) is 0 Å².